The van der Waals surface area contributed by atoms with E-state index in [0.717, 1.165) is 44.0 Å². The van der Waals surface area contributed by atoms with E-state index in [2.05, 4.69) is 18.3 Å². The molecule has 0 unspecified atom stereocenters. The Labute approximate surface area is 125 Å². The average molecular weight is 297 g/mol. The molecule has 1 amide bonds. The summed E-state index contributed by atoms with van der Waals surface area (Å²) in [6.45, 7) is 5.47. The zero-order valence-corrected chi connectivity index (χ0v) is 12.5. The van der Waals surface area contributed by atoms with Gasteiger partial charge in [0, 0.05) is 32.1 Å². The van der Waals surface area contributed by atoms with E-state index < -0.39 is 0 Å². The lowest BCUT2D eigenvalue weighted by Gasteiger charge is -2.34. The summed E-state index contributed by atoms with van der Waals surface area (Å²) >= 11 is 0. The van der Waals surface area contributed by atoms with Gasteiger partial charge in [-0.15, -0.1) is 12.4 Å². The van der Waals surface area contributed by atoms with E-state index in [9.17, 15) is 4.79 Å². The minimum absolute atomic E-state index is 0. The SMILES string of the molecule is C[C@@H]1CNCCN1C(=O)Cc1ccc2c(c1)CCO2.Cl. The molecule has 0 aliphatic carbocycles. The second kappa shape index (κ2) is 6.46. The van der Waals surface area contributed by atoms with Crippen LogP contribution in [0.3, 0.4) is 0 Å². The van der Waals surface area contributed by atoms with Gasteiger partial charge in [-0.3, -0.25) is 4.79 Å². The topological polar surface area (TPSA) is 41.6 Å². The summed E-state index contributed by atoms with van der Waals surface area (Å²) in [6, 6.07) is 6.41. The molecule has 3 rings (SSSR count). The average Bonchev–Trinajstić information content (AvgIpc) is 2.86. The maximum Gasteiger partial charge on any atom is 0.227 e. The van der Waals surface area contributed by atoms with Crippen molar-refractivity contribution < 1.29 is 9.53 Å². The molecule has 1 aromatic rings. The molecule has 2 heterocycles. The minimum atomic E-state index is 0. The zero-order valence-electron chi connectivity index (χ0n) is 11.7. The van der Waals surface area contributed by atoms with Crippen molar-refractivity contribution in [1.82, 2.24) is 10.2 Å². The van der Waals surface area contributed by atoms with Crippen LogP contribution in [0, 0.1) is 0 Å². The Balaban J connectivity index is 0.00000147. The summed E-state index contributed by atoms with van der Waals surface area (Å²) in [5, 5.41) is 3.31. The Morgan fingerprint density at radius 2 is 2.35 bits per heavy atom. The third-order valence-electron chi connectivity index (χ3n) is 3.93. The lowest BCUT2D eigenvalue weighted by atomic mass is 10.0. The summed E-state index contributed by atoms with van der Waals surface area (Å²) in [5.41, 5.74) is 2.33. The monoisotopic (exact) mass is 296 g/mol. The molecule has 0 aromatic heterocycles. The molecule has 1 saturated heterocycles. The number of benzene rings is 1. The smallest absolute Gasteiger partial charge is 0.227 e. The molecule has 1 fully saturated rings. The van der Waals surface area contributed by atoms with Crippen LogP contribution in [0.2, 0.25) is 0 Å². The molecule has 1 N–H and O–H groups in total. The molecule has 0 bridgehead atoms. The van der Waals surface area contributed by atoms with Crippen LogP contribution < -0.4 is 10.1 Å². The molecule has 5 heteroatoms. The first-order valence-corrected chi connectivity index (χ1v) is 6.99. The largest absolute Gasteiger partial charge is 0.493 e. The van der Waals surface area contributed by atoms with Crippen LogP contribution in [-0.2, 0) is 17.6 Å². The van der Waals surface area contributed by atoms with Crippen LogP contribution in [0.5, 0.6) is 5.75 Å². The van der Waals surface area contributed by atoms with Crippen LogP contribution in [0.4, 0.5) is 0 Å². The summed E-state index contributed by atoms with van der Waals surface area (Å²) in [6.07, 6.45) is 1.46. The fourth-order valence-electron chi connectivity index (χ4n) is 2.84. The standard InChI is InChI=1S/C15H20N2O2.ClH/c1-11-10-16-5-6-17(11)15(18)9-12-2-3-14-13(8-12)4-7-19-14;/h2-3,8,11,16H,4-7,9-10H2,1H3;1H/t11-;/m1./s1. The van der Waals surface area contributed by atoms with Gasteiger partial charge in [-0.25, -0.2) is 0 Å². The molecule has 1 atom stereocenters. The van der Waals surface area contributed by atoms with E-state index in [-0.39, 0.29) is 18.3 Å². The van der Waals surface area contributed by atoms with Crippen LogP contribution in [0.15, 0.2) is 18.2 Å². The van der Waals surface area contributed by atoms with Crippen LogP contribution in [0.1, 0.15) is 18.1 Å². The highest BCUT2D eigenvalue weighted by Crippen LogP contribution is 2.26. The van der Waals surface area contributed by atoms with E-state index in [1.807, 2.05) is 17.0 Å². The first kappa shape index (κ1) is 15.1. The Morgan fingerprint density at radius 3 is 3.15 bits per heavy atom. The highest BCUT2D eigenvalue weighted by atomic mass is 35.5. The number of nitrogens with one attached hydrogen (secondary N) is 1. The Hall–Kier alpha value is -1.26. The quantitative estimate of drug-likeness (QED) is 0.897. The van der Waals surface area contributed by atoms with E-state index in [0.29, 0.717) is 12.5 Å². The zero-order chi connectivity index (χ0) is 13.2. The Bertz CT molecular complexity index is 493. The number of fused-ring (bicyclic) bond motifs is 1. The number of hydrogen-bond donors (Lipinski definition) is 1. The van der Waals surface area contributed by atoms with Gasteiger partial charge in [0.1, 0.15) is 5.75 Å². The maximum atomic E-state index is 12.3. The predicted octanol–water partition coefficient (Wildman–Crippen LogP) is 1.41. The number of halogens is 1. The third kappa shape index (κ3) is 3.07. The molecule has 0 saturated carbocycles. The van der Waals surface area contributed by atoms with Gasteiger partial charge in [0.25, 0.3) is 0 Å². The summed E-state index contributed by atoms with van der Waals surface area (Å²) in [7, 11) is 0. The van der Waals surface area contributed by atoms with Crippen molar-refractivity contribution >= 4 is 18.3 Å². The van der Waals surface area contributed by atoms with Crippen molar-refractivity contribution in [1.29, 1.82) is 0 Å². The van der Waals surface area contributed by atoms with E-state index in [1.165, 1.54) is 5.56 Å². The molecule has 4 nitrogen and oxygen atoms in total. The van der Waals surface area contributed by atoms with Crippen molar-refractivity contribution in [2.24, 2.45) is 0 Å². The van der Waals surface area contributed by atoms with Gasteiger partial charge in [0.15, 0.2) is 0 Å². The number of amides is 1. The van der Waals surface area contributed by atoms with Gasteiger partial charge in [-0.1, -0.05) is 12.1 Å². The number of nitrogens with zero attached hydrogens (tertiary/aromatic N) is 1. The molecule has 0 spiro atoms. The highest BCUT2D eigenvalue weighted by Gasteiger charge is 2.23. The first-order chi connectivity index (χ1) is 9.24. The normalized spacial score (nSPS) is 20.9. The van der Waals surface area contributed by atoms with Crippen LogP contribution in [0.25, 0.3) is 0 Å². The van der Waals surface area contributed by atoms with E-state index >= 15 is 0 Å². The van der Waals surface area contributed by atoms with Gasteiger partial charge in [-0.05, 0) is 24.1 Å². The van der Waals surface area contributed by atoms with Crippen molar-refractivity contribution in [3.8, 4) is 5.75 Å². The maximum absolute atomic E-state index is 12.3. The molecule has 0 radical (unpaired) electrons. The van der Waals surface area contributed by atoms with Crippen LogP contribution in [-0.4, -0.2) is 43.1 Å². The number of piperazine rings is 1. The van der Waals surface area contributed by atoms with E-state index in [4.69, 9.17) is 4.74 Å². The summed E-state index contributed by atoms with van der Waals surface area (Å²) in [5.74, 6) is 1.21. The lowest BCUT2D eigenvalue weighted by Crippen LogP contribution is -2.52. The molecule has 1 aromatic carbocycles. The minimum Gasteiger partial charge on any atom is -0.493 e. The molecule has 2 aliphatic heterocycles. The molecule has 20 heavy (non-hydrogen) atoms. The molecular formula is C15H21ClN2O2. The van der Waals surface area contributed by atoms with Gasteiger partial charge in [-0.2, -0.15) is 0 Å². The van der Waals surface area contributed by atoms with Gasteiger partial charge >= 0.3 is 0 Å². The number of rotatable bonds is 2. The molecule has 2 aliphatic rings. The van der Waals surface area contributed by atoms with Crippen LogP contribution >= 0.6 is 12.4 Å². The molecule has 110 valence electrons. The van der Waals surface area contributed by atoms with Gasteiger partial charge in [0.2, 0.25) is 5.91 Å². The van der Waals surface area contributed by atoms with Crippen molar-refractivity contribution in [2.45, 2.75) is 25.8 Å². The molecular weight excluding hydrogens is 276 g/mol. The number of carbonyl (C=O) groups is 1. The number of hydrogen-bond acceptors (Lipinski definition) is 3. The van der Waals surface area contributed by atoms with Crippen molar-refractivity contribution in [3.63, 3.8) is 0 Å². The van der Waals surface area contributed by atoms with Crippen molar-refractivity contribution in [2.75, 3.05) is 26.2 Å². The lowest BCUT2D eigenvalue weighted by molar-refractivity contribution is -0.133. The second-order valence-corrected chi connectivity index (χ2v) is 5.36. The number of ether oxygens (including phenoxy) is 1. The summed E-state index contributed by atoms with van der Waals surface area (Å²) < 4.78 is 5.49. The number of carbonyl (C=O) groups excluding carboxylic acids is 1. The fraction of sp³-hybridized carbons (Fsp3) is 0.533. The van der Waals surface area contributed by atoms with E-state index in [1.54, 1.807) is 0 Å². The third-order valence-corrected chi connectivity index (χ3v) is 3.93. The van der Waals surface area contributed by atoms with Gasteiger partial charge in [0.05, 0.1) is 13.0 Å². The Morgan fingerprint density at radius 1 is 1.50 bits per heavy atom. The van der Waals surface area contributed by atoms with Crippen molar-refractivity contribution in [3.05, 3.63) is 29.3 Å². The summed E-state index contributed by atoms with van der Waals surface area (Å²) in [4.78, 5) is 14.3. The van der Waals surface area contributed by atoms with Gasteiger partial charge < -0.3 is 15.0 Å². The second-order valence-electron chi connectivity index (χ2n) is 5.36. The Kier molecular flexibility index (Phi) is 4.89. The highest BCUT2D eigenvalue weighted by molar-refractivity contribution is 5.85. The predicted molar refractivity (Wildman–Crippen MR) is 80.6 cm³/mol. The fourth-order valence-corrected chi connectivity index (χ4v) is 2.84. The first-order valence-electron chi connectivity index (χ1n) is 6.99.